The van der Waals surface area contributed by atoms with Crippen LogP contribution in [-0.4, -0.2) is 43.6 Å². The quantitative estimate of drug-likeness (QED) is 0.456. The Morgan fingerprint density at radius 2 is 1.88 bits per heavy atom. The summed E-state index contributed by atoms with van der Waals surface area (Å²) in [5, 5.41) is 9.70. The highest BCUT2D eigenvalue weighted by atomic mass is 32.1. The number of aryl methyl sites for hydroxylation is 1. The number of esters is 1. The van der Waals surface area contributed by atoms with Crippen LogP contribution in [0.25, 0.3) is 20.7 Å². The van der Waals surface area contributed by atoms with Crippen molar-refractivity contribution in [2.24, 2.45) is 0 Å². The molecule has 4 aromatic heterocycles. The number of aromatic carboxylic acids is 1. The van der Waals surface area contributed by atoms with Crippen LogP contribution in [0.4, 0.5) is 0 Å². The standard InChI is InChI=1S/2C8H8N2O2S/c1-2-12-8(11)5-3-6-7(10-5)9-4-13-6;1-2-6-10-7-5(13-6)3-4(9-7)8(11)12/h3-4,10H,2H2,1H3;3,9H,2H2,1H3,(H,11,12). The van der Waals surface area contributed by atoms with Gasteiger partial charge in [-0.3, -0.25) is 0 Å². The minimum Gasteiger partial charge on any atom is -0.477 e. The van der Waals surface area contributed by atoms with E-state index in [-0.39, 0.29) is 11.7 Å². The van der Waals surface area contributed by atoms with Gasteiger partial charge in [0.05, 0.1) is 26.5 Å². The van der Waals surface area contributed by atoms with Crippen LogP contribution in [0.15, 0.2) is 17.6 Å². The highest BCUT2D eigenvalue weighted by molar-refractivity contribution is 7.18. The molecule has 0 bridgehead atoms. The molecule has 0 amide bonds. The Kier molecular flexibility index (Phi) is 5.33. The van der Waals surface area contributed by atoms with Crippen molar-refractivity contribution in [2.75, 3.05) is 6.61 Å². The van der Waals surface area contributed by atoms with Crippen LogP contribution >= 0.6 is 22.7 Å². The first-order chi connectivity index (χ1) is 12.5. The summed E-state index contributed by atoms with van der Waals surface area (Å²) >= 11 is 3.02. The Labute approximate surface area is 155 Å². The predicted molar refractivity (Wildman–Crippen MR) is 100 cm³/mol. The number of carboxylic acids is 1. The molecule has 4 heterocycles. The molecular formula is C16H16N4O4S2. The molecule has 0 aliphatic heterocycles. The monoisotopic (exact) mass is 392 g/mol. The summed E-state index contributed by atoms with van der Waals surface area (Å²) in [6, 6.07) is 3.37. The zero-order valence-corrected chi connectivity index (χ0v) is 15.7. The highest BCUT2D eigenvalue weighted by Crippen LogP contribution is 2.23. The van der Waals surface area contributed by atoms with Gasteiger partial charge < -0.3 is 19.8 Å². The number of thiazole rings is 2. The molecule has 0 unspecified atom stereocenters. The van der Waals surface area contributed by atoms with E-state index in [4.69, 9.17) is 9.84 Å². The molecule has 4 rings (SSSR count). The summed E-state index contributed by atoms with van der Waals surface area (Å²) in [4.78, 5) is 35.7. The number of nitrogens with zero attached hydrogens (tertiary/aromatic N) is 2. The van der Waals surface area contributed by atoms with E-state index >= 15 is 0 Å². The van der Waals surface area contributed by atoms with Crippen LogP contribution in [0.5, 0.6) is 0 Å². The van der Waals surface area contributed by atoms with Gasteiger partial charge in [0.2, 0.25) is 0 Å². The Balaban J connectivity index is 0.000000151. The highest BCUT2D eigenvalue weighted by Gasteiger charge is 2.11. The summed E-state index contributed by atoms with van der Waals surface area (Å²) in [5.74, 6) is -1.27. The lowest BCUT2D eigenvalue weighted by molar-refractivity contribution is 0.0520. The third-order valence-corrected chi connectivity index (χ3v) is 5.30. The van der Waals surface area contributed by atoms with Crippen molar-refractivity contribution in [3.63, 3.8) is 0 Å². The average Bonchev–Trinajstić information content (AvgIpc) is 3.33. The van der Waals surface area contributed by atoms with Crippen molar-refractivity contribution in [1.82, 2.24) is 19.9 Å². The van der Waals surface area contributed by atoms with Crippen LogP contribution < -0.4 is 0 Å². The van der Waals surface area contributed by atoms with Gasteiger partial charge in [-0.2, -0.15) is 0 Å². The van der Waals surface area contributed by atoms with Crippen molar-refractivity contribution in [3.8, 4) is 0 Å². The SMILES string of the molecule is CCOC(=O)c1cc2scnc2[nH]1.CCc1nc2[nH]c(C(=O)O)cc2s1. The zero-order chi connectivity index (χ0) is 18.7. The fourth-order valence-corrected chi connectivity index (χ4v) is 3.77. The lowest BCUT2D eigenvalue weighted by atomic mass is 10.4. The van der Waals surface area contributed by atoms with Crippen molar-refractivity contribution < 1.29 is 19.4 Å². The van der Waals surface area contributed by atoms with Crippen molar-refractivity contribution in [1.29, 1.82) is 0 Å². The molecule has 4 aromatic rings. The first kappa shape index (κ1) is 18.1. The molecule has 0 aliphatic carbocycles. The maximum atomic E-state index is 11.2. The van der Waals surface area contributed by atoms with Crippen LogP contribution in [0, 0.1) is 0 Å². The number of aromatic nitrogens is 4. The number of aromatic amines is 2. The van der Waals surface area contributed by atoms with Gasteiger partial charge in [-0.05, 0) is 25.5 Å². The van der Waals surface area contributed by atoms with E-state index in [1.54, 1.807) is 24.6 Å². The Morgan fingerprint density at radius 3 is 2.50 bits per heavy atom. The summed E-state index contributed by atoms with van der Waals surface area (Å²) in [6.07, 6.45) is 0.885. The maximum absolute atomic E-state index is 11.2. The van der Waals surface area contributed by atoms with Crippen LogP contribution in [0.2, 0.25) is 0 Å². The number of carboxylic acid groups (broad SMARTS) is 1. The molecule has 0 saturated carbocycles. The van der Waals surface area contributed by atoms with E-state index in [0.717, 1.165) is 26.5 Å². The summed E-state index contributed by atoms with van der Waals surface area (Å²) in [6.45, 7) is 4.19. The van der Waals surface area contributed by atoms with Crippen LogP contribution in [-0.2, 0) is 11.2 Å². The molecule has 8 nitrogen and oxygen atoms in total. The molecule has 0 aliphatic rings. The second-order valence-corrected chi connectivity index (χ2v) is 7.13. The van der Waals surface area contributed by atoms with Crippen molar-refractivity contribution in [2.45, 2.75) is 20.3 Å². The van der Waals surface area contributed by atoms with Gasteiger partial charge in [-0.25, -0.2) is 19.6 Å². The fourth-order valence-electron chi connectivity index (χ4n) is 2.19. The Morgan fingerprint density at radius 1 is 1.15 bits per heavy atom. The minimum atomic E-state index is -0.941. The maximum Gasteiger partial charge on any atom is 0.354 e. The number of nitrogens with one attached hydrogen (secondary N) is 2. The number of fused-ring (bicyclic) bond motifs is 2. The molecule has 0 fully saturated rings. The first-order valence-electron chi connectivity index (χ1n) is 7.82. The lowest BCUT2D eigenvalue weighted by Gasteiger charge is -1.96. The average molecular weight is 392 g/mol. The molecule has 136 valence electrons. The third-order valence-electron chi connectivity index (χ3n) is 3.38. The fraction of sp³-hybridized carbons (Fsp3) is 0.250. The smallest absolute Gasteiger partial charge is 0.354 e. The van der Waals surface area contributed by atoms with Gasteiger partial charge in [0.1, 0.15) is 22.7 Å². The first-order valence-corrected chi connectivity index (χ1v) is 9.52. The Hall–Kier alpha value is -2.72. The van der Waals surface area contributed by atoms with Gasteiger partial charge in [-0.1, -0.05) is 6.92 Å². The zero-order valence-electron chi connectivity index (χ0n) is 14.0. The lowest BCUT2D eigenvalue weighted by Crippen LogP contribution is -2.04. The van der Waals surface area contributed by atoms with E-state index in [0.29, 0.717) is 17.9 Å². The van der Waals surface area contributed by atoms with E-state index in [1.807, 2.05) is 6.92 Å². The number of carbonyl (C=O) groups is 2. The molecule has 10 heteroatoms. The molecule has 0 radical (unpaired) electrons. The molecule has 26 heavy (non-hydrogen) atoms. The summed E-state index contributed by atoms with van der Waals surface area (Å²) in [5.41, 5.74) is 3.83. The predicted octanol–water partition coefficient (Wildman–Crippen LogP) is 3.69. The molecule has 0 atom stereocenters. The van der Waals surface area contributed by atoms with Crippen LogP contribution in [0.3, 0.4) is 0 Å². The van der Waals surface area contributed by atoms with Gasteiger partial charge in [0, 0.05) is 0 Å². The van der Waals surface area contributed by atoms with Crippen molar-refractivity contribution >= 4 is 55.3 Å². The summed E-state index contributed by atoms with van der Waals surface area (Å²) < 4.78 is 6.72. The number of H-pyrrole nitrogens is 2. The summed E-state index contributed by atoms with van der Waals surface area (Å²) in [7, 11) is 0. The number of rotatable bonds is 4. The topological polar surface area (TPSA) is 121 Å². The van der Waals surface area contributed by atoms with E-state index in [9.17, 15) is 9.59 Å². The van der Waals surface area contributed by atoms with E-state index < -0.39 is 5.97 Å². The normalized spacial score (nSPS) is 10.7. The van der Waals surface area contributed by atoms with Gasteiger partial charge in [0.15, 0.2) is 0 Å². The third kappa shape index (κ3) is 3.75. The molecule has 0 saturated heterocycles. The largest absolute Gasteiger partial charge is 0.477 e. The van der Waals surface area contributed by atoms with Gasteiger partial charge >= 0.3 is 11.9 Å². The van der Waals surface area contributed by atoms with Crippen LogP contribution in [0.1, 0.15) is 39.8 Å². The Bertz CT molecular complexity index is 999. The second-order valence-electron chi connectivity index (χ2n) is 5.13. The molecule has 0 spiro atoms. The molecular weight excluding hydrogens is 376 g/mol. The van der Waals surface area contributed by atoms with E-state index in [2.05, 4.69) is 19.9 Å². The van der Waals surface area contributed by atoms with Gasteiger partial charge in [-0.15, -0.1) is 22.7 Å². The van der Waals surface area contributed by atoms with E-state index in [1.165, 1.54) is 22.7 Å². The molecule has 3 N–H and O–H groups in total. The van der Waals surface area contributed by atoms with Gasteiger partial charge in [0.25, 0.3) is 0 Å². The number of carbonyl (C=O) groups excluding carboxylic acids is 1. The number of hydrogen-bond acceptors (Lipinski definition) is 7. The number of hydrogen-bond donors (Lipinski definition) is 3. The number of ether oxygens (including phenoxy) is 1. The minimum absolute atomic E-state index is 0.205. The molecule has 0 aromatic carbocycles. The van der Waals surface area contributed by atoms with Crippen molar-refractivity contribution in [3.05, 3.63) is 34.0 Å². The second kappa shape index (κ2) is 7.67.